The van der Waals surface area contributed by atoms with E-state index in [1.807, 2.05) is 68.7 Å². The molecule has 0 heterocycles. The standard InChI is InChI=1S/C23H26N2O/c1-23(2,3)17-12-10-16(11-13-17)22(26)24-20-14-15-21(25(4)5)19-9-7-6-8-18(19)20/h6-15H,1-5H3,(H,24,26). The van der Waals surface area contributed by atoms with Crippen molar-refractivity contribution in [2.75, 3.05) is 24.3 Å². The van der Waals surface area contributed by atoms with Crippen LogP contribution in [0, 0.1) is 0 Å². The second-order valence-electron chi connectivity index (χ2n) is 7.85. The highest BCUT2D eigenvalue weighted by Gasteiger charge is 2.15. The summed E-state index contributed by atoms with van der Waals surface area (Å²) >= 11 is 0. The first-order chi connectivity index (χ1) is 12.3. The van der Waals surface area contributed by atoms with Crippen molar-refractivity contribution in [1.82, 2.24) is 0 Å². The molecule has 1 N–H and O–H groups in total. The van der Waals surface area contributed by atoms with Gasteiger partial charge in [0.15, 0.2) is 0 Å². The first-order valence-corrected chi connectivity index (χ1v) is 8.88. The van der Waals surface area contributed by atoms with Gasteiger partial charge >= 0.3 is 0 Å². The van der Waals surface area contributed by atoms with Gasteiger partial charge in [-0.25, -0.2) is 0 Å². The van der Waals surface area contributed by atoms with Crippen LogP contribution in [-0.4, -0.2) is 20.0 Å². The summed E-state index contributed by atoms with van der Waals surface area (Å²) in [5.74, 6) is -0.0896. The number of anilines is 2. The Bertz CT molecular complexity index is 935. The van der Waals surface area contributed by atoms with E-state index in [1.165, 1.54) is 5.56 Å². The lowest BCUT2D eigenvalue weighted by atomic mass is 9.86. The molecule has 0 aliphatic rings. The third-order valence-electron chi connectivity index (χ3n) is 4.64. The predicted octanol–water partition coefficient (Wildman–Crippen LogP) is 5.46. The molecule has 0 atom stereocenters. The third-order valence-corrected chi connectivity index (χ3v) is 4.64. The molecule has 0 radical (unpaired) electrons. The predicted molar refractivity (Wildman–Crippen MR) is 111 cm³/mol. The Morgan fingerprint density at radius 1 is 0.846 bits per heavy atom. The molecule has 3 aromatic rings. The van der Waals surface area contributed by atoms with E-state index in [0.29, 0.717) is 5.56 Å². The Labute approximate surface area is 155 Å². The van der Waals surface area contributed by atoms with Crippen LogP contribution in [0.5, 0.6) is 0 Å². The van der Waals surface area contributed by atoms with Crippen molar-refractivity contribution in [2.45, 2.75) is 26.2 Å². The summed E-state index contributed by atoms with van der Waals surface area (Å²) in [5.41, 5.74) is 3.92. The molecule has 1 amide bonds. The fourth-order valence-corrected chi connectivity index (χ4v) is 3.10. The monoisotopic (exact) mass is 346 g/mol. The molecule has 26 heavy (non-hydrogen) atoms. The zero-order valence-corrected chi connectivity index (χ0v) is 16.1. The number of carbonyl (C=O) groups is 1. The summed E-state index contributed by atoms with van der Waals surface area (Å²) in [5, 5.41) is 5.23. The van der Waals surface area contributed by atoms with Crippen molar-refractivity contribution in [1.29, 1.82) is 0 Å². The summed E-state index contributed by atoms with van der Waals surface area (Å²) in [4.78, 5) is 14.8. The van der Waals surface area contributed by atoms with Gasteiger partial charge in [0.05, 0.1) is 0 Å². The minimum atomic E-state index is -0.0896. The van der Waals surface area contributed by atoms with E-state index < -0.39 is 0 Å². The largest absolute Gasteiger partial charge is 0.377 e. The van der Waals surface area contributed by atoms with Gasteiger partial charge in [0, 0.05) is 41.8 Å². The number of fused-ring (bicyclic) bond motifs is 1. The summed E-state index contributed by atoms with van der Waals surface area (Å²) in [6.07, 6.45) is 0. The van der Waals surface area contributed by atoms with Gasteiger partial charge < -0.3 is 10.2 Å². The summed E-state index contributed by atoms with van der Waals surface area (Å²) in [6.45, 7) is 6.50. The van der Waals surface area contributed by atoms with Crippen LogP contribution in [0.1, 0.15) is 36.7 Å². The fourth-order valence-electron chi connectivity index (χ4n) is 3.10. The van der Waals surface area contributed by atoms with Gasteiger partial charge in [0.1, 0.15) is 0 Å². The van der Waals surface area contributed by atoms with Crippen LogP contribution in [-0.2, 0) is 5.41 Å². The molecule has 3 heteroatoms. The topological polar surface area (TPSA) is 32.3 Å². The number of benzene rings is 3. The Morgan fingerprint density at radius 2 is 1.46 bits per heavy atom. The Morgan fingerprint density at radius 3 is 2.04 bits per heavy atom. The van der Waals surface area contributed by atoms with E-state index in [2.05, 4.69) is 37.1 Å². The molecule has 3 rings (SSSR count). The lowest BCUT2D eigenvalue weighted by molar-refractivity contribution is 0.102. The van der Waals surface area contributed by atoms with Gasteiger partial charge in [0.2, 0.25) is 0 Å². The Kier molecular flexibility index (Phi) is 4.73. The number of hydrogen-bond acceptors (Lipinski definition) is 2. The lowest BCUT2D eigenvalue weighted by Gasteiger charge is -2.19. The van der Waals surface area contributed by atoms with Crippen molar-refractivity contribution in [2.24, 2.45) is 0 Å². The van der Waals surface area contributed by atoms with Crippen molar-refractivity contribution >= 4 is 28.1 Å². The minimum absolute atomic E-state index is 0.0766. The number of nitrogens with zero attached hydrogens (tertiary/aromatic N) is 1. The second-order valence-corrected chi connectivity index (χ2v) is 7.85. The zero-order valence-electron chi connectivity index (χ0n) is 16.1. The molecule has 0 aliphatic carbocycles. The Hall–Kier alpha value is -2.81. The van der Waals surface area contributed by atoms with Gasteiger partial charge in [-0.2, -0.15) is 0 Å². The number of amides is 1. The molecular formula is C23H26N2O. The molecule has 3 nitrogen and oxygen atoms in total. The van der Waals surface area contributed by atoms with E-state index in [-0.39, 0.29) is 11.3 Å². The molecule has 0 aliphatic heterocycles. The summed E-state index contributed by atoms with van der Waals surface area (Å²) in [7, 11) is 4.05. The molecule has 3 aromatic carbocycles. The van der Waals surface area contributed by atoms with Crippen molar-refractivity contribution in [3.8, 4) is 0 Å². The second kappa shape index (κ2) is 6.83. The van der Waals surface area contributed by atoms with Gasteiger partial charge in [0.25, 0.3) is 5.91 Å². The van der Waals surface area contributed by atoms with E-state index >= 15 is 0 Å². The van der Waals surface area contributed by atoms with Gasteiger partial charge in [-0.1, -0.05) is 57.2 Å². The SMILES string of the molecule is CN(C)c1ccc(NC(=O)c2ccc(C(C)(C)C)cc2)c2ccccc12. The van der Waals surface area contributed by atoms with Gasteiger partial charge in [-0.15, -0.1) is 0 Å². The van der Waals surface area contributed by atoms with Crippen molar-refractivity contribution < 1.29 is 4.79 Å². The average Bonchev–Trinajstić information content (AvgIpc) is 2.61. The van der Waals surface area contributed by atoms with Crippen LogP contribution in [0.3, 0.4) is 0 Å². The molecule has 0 aromatic heterocycles. The van der Waals surface area contributed by atoms with E-state index in [9.17, 15) is 4.79 Å². The van der Waals surface area contributed by atoms with Crippen molar-refractivity contribution in [3.63, 3.8) is 0 Å². The van der Waals surface area contributed by atoms with E-state index in [1.54, 1.807) is 0 Å². The zero-order chi connectivity index (χ0) is 18.9. The maximum atomic E-state index is 12.7. The Balaban J connectivity index is 1.92. The van der Waals surface area contributed by atoms with Crippen molar-refractivity contribution in [3.05, 3.63) is 71.8 Å². The minimum Gasteiger partial charge on any atom is -0.377 e. The average molecular weight is 346 g/mol. The molecule has 0 unspecified atom stereocenters. The molecule has 0 saturated carbocycles. The van der Waals surface area contributed by atoms with E-state index in [0.717, 1.165) is 22.1 Å². The number of nitrogens with one attached hydrogen (secondary N) is 1. The number of rotatable bonds is 3. The third kappa shape index (κ3) is 3.57. The molecular weight excluding hydrogens is 320 g/mol. The number of carbonyl (C=O) groups excluding carboxylic acids is 1. The normalized spacial score (nSPS) is 11.4. The van der Waals surface area contributed by atoms with Crippen LogP contribution in [0.4, 0.5) is 11.4 Å². The maximum Gasteiger partial charge on any atom is 0.255 e. The quantitative estimate of drug-likeness (QED) is 0.683. The van der Waals surface area contributed by atoms with Crippen LogP contribution in [0.25, 0.3) is 10.8 Å². The van der Waals surface area contributed by atoms with Crippen LogP contribution in [0.15, 0.2) is 60.7 Å². The molecule has 0 bridgehead atoms. The van der Waals surface area contributed by atoms with Crippen LogP contribution in [0.2, 0.25) is 0 Å². The molecule has 0 fully saturated rings. The highest BCUT2D eigenvalue weighted by Crippen LogP contribution is 2.31. The highest BCUT2D eigenvalue weighted by molar-refractivity contribution is 6.11. The highest BCUT2D eigenvalue weighted by atomic mass is 16.1. The van der Waals surface area contributed by atoms with E-state index in [4.69, 9.17) is 0 Å². The number of hydrogen-bond donors (Lipinski definition) is 1. The van der Waals surface area contributed by atoms with Crippen LogP contribution >= 0.6 is 0 Å². The van der Waals surface area contributed by atoms with Gasteiger partial charge in [-0.3, -0.25) is 4.79 Å². The summed E-state index contributed by atoms with van der Waals surface area (Å²) < 4.78 is 0. The summed E-state index contributed by atoms with van der Waals surface area (Å²) in [6, 6.07) is 20.0. The van der Waals surface area contributed by atoms with Gasteiger partial charge in [-0.05, 0) is 35.2 Å². The lowest BCUT2D eigenvalue weighted by Crippen LogP contribution is -2.15. The molecule has 0 saturated heterocycles. The fraction of sp³-hybridized carbons (Fsp3) is 0.261. The molecule has 134 valence electrons. The first kappa shape index (κ1) is 18.0. The smallest absolute Gasteiger partial charge is 0.255 e. The first-order valence-electron chi connectivity index (χ1n) is 8.88. The van der Waals surface area contributed by atoms with Crippen LogP contribution < -0.4 is 10.2 Å². The molecule has 0 spiro atoms. The maximum absolute atomic E-state index is 12.7.